The lowest BCUT2D eigenvalue weighted by Gasteiger charge is -2.28. The van der Waals surface area contributed by atoms with Gasteiger partial charge in [-0.15, -0.1) is 0 Å². The summed E-state index contributed by atoms with van der Waals surface area (Å²) in [5.41, 5.74) is 41.6. The molecule has 0 atom stereocenters. The van der Waals surface area contributed by atoms with Crippen molar-refractivity contribution in [3.63, 3.8) is 0 Å². The molecule has 3 aliphatic heterocycles. The minimum Gasteiger partial charge on any atom is -0.456 e. The molecule has 0 amide bonds. The summed E-state index contributed by atoms with van der Waals surface area (Å²) in [7, 11) is 0. The van der Waals surface area contributed by atoms with Gasteiger partial charge in [-0.3, -0.25) is 19.1 Å². The Labute approximate surface area is 819 Å². The normalized spacial score (nSPS) is 12.5. The van der Waals surface area contributed by atoms with Gasteiger partial charge in [0.2, 0.25) is 0 Å². The number of pyridine rings is 3. The van der Waals surface area contributed by atoms with Crippen LogP contribution in [0.25, 0.3) is 222 Å². The van der Waals surface area contributed by atoms with Crippen LogP contribution in [0.5, 0.6) is 11.5 Å². The molecule has 662 valence electrons. The van der Waals surface area contributed by atoms with Gasteiger partial charge in [0, 0.05) is 110 Å². The van der Waals surface area contributed by atoms with Crippen molar-refractivity contribution < 1.29 is 9.15 Å². The number of rotatable bonds is 9. The van der Waals surface area contributed by atoms with E-state index < -0.39 is 0 Å². The molecule has 29 rings (SSSR count). The van der Waals surface area contributed by atoms with Crippen LogP contribution >= 0.6 is 11.8 Å². The van der Waals surface area contributed by atoms with E-state index in [0.29, 0.717) is 0 Å². The van der Waals surface area contributed by atoms with Gasteiger partial charge in [0.25, 0.3) is 0 Å². The highest BCUT2D eigenvalue weighted by Crippen LogP contribution is 2.61. The minimum absolute atomic E-state index is 0.201. The molecule has 6 aromatic heterocycles. The summed E-state index contributed by atoms with van der Waals surface area (Å²) in [5, 5.41) is 8.32. The number of hydrogen-bond donors (Lipinski definition) is 0. The van der Waals surface area contributed by atoms with E-state index in [4.69, 9.17) is 24.1 Å². The summed E-state index contributed by atoms with van der Waals surface area (Å²) < 4.78 is 18.4. The number of aromatic nitrogens is 6. The molecule has 10 heteroatoms. The summed E-state index contributed by atoms with van der Waals surface area (Å²) in [6.45, 7) is 4.64. The molecule has 25 aromatic rings. The lowest BCUT2D eigenvalue weighted by Crippen LogP contribution is -2.16. The second kappa shape index (κ2) is 33.7. The van der Waals surface area contributed by atoms with Crippen molar-refractivity contribution >= 4 is 94.2 Å². The third-order valence-corrected chi connectivity index (χ3v) is 29.8. The molecule has 1 aliphatic carbocycles. The quantitative estimate of drug-likeness (QED) is 0.141. The number of fused-ring (bicyclic) bond motifs is 29. The number of furan rings is 1. The van der Waals surface area contributed by atoms with Crippen molar-refractivity contribution in [2.75, 3.05) is 4.90 Å². The first-order valence-electron chi connectivity index (χ1n) is 47.9. The predicted octanol–water partition coefficient (Wildman–Crippen LogP) is 35.4. The van der Waals surface area contributed by atoms with Crippen molar-refractivity contribution in [2.24, 2.45) is 0 Å². The average Bonchev–Trinajstić information content (AvgIpc) is 1.56. The van der Waals surface area contributed by atoms with Crippen molar-refractivity contribution in [2.45, 2.75) is 29.1 Å². The minimum atomic E-state index is -0.201. The Bertz CT molecular complexity index is 9320. The van der Waals surface area contributed by atoms with E-state index in [1.54, 1.807) is 0 Å². The van der Waals surface area contributed by atoms with Gasteiger partial charge >= 0.3 is 0 Å². The van der Waals surface area contributed by atoms with Crippen LogP contribution in [0.3, 0.4) is 0 Å². The van der Waals surface area contributed by atoms with Crippen LogP contribution in [-0.4, -0.2) is 29.1 Å². The van der Waals surface area contributed by atoms with Crippen LogP contribution < -0.4 is 9.64 Å². The van der Waals surface area contributed by atoms with Gasteiger partial charge in [-0.25, -0.2) is 9.97 Å². The largest absolute Gasteiger partial charge is 0.456 e. The smallest absolute Gasteiger partial charge is 0.160 e. The maximum atomic E-state index is 7.12. The summed E-state index contributed by atoms with van der Waals surface area (Å²) in [5.74, 6) is 2.74. The van der Waals surface area contributed by atoms with E-state index in [9.17, 15) is 0 Å². The second-order valence-electron chi connectivity index (χ2n) is 36.9. The molecule has 9 nitrogen and oxygen atoms in total. The number of benzene rings is 19. The third kappa shape index (κ3) is 13.8. The Balaban J connectivity index is 0.000000106. The van der Waals surface area contributed by atoms with Gasteiger partial charge in [0.15, 0.2) is 5.58 Å². The maximum Gasteiger partial charge on any atom is 0.160 e. The Hall–Kier alpha value is -18.1. The fourth-order valence-corrected chi connectivity index (χ4v) is 23.5. The molecule has 9 heterocycles. The Morgan fingerprint density at radius 1 is 0.326 bits per heavy atom. The number of hydrogen-bond acceptors (Lipinski definition) is 8. The van der Waals surface area contributed by atoms with Gasteiger partial charge in [-0.2, -0.15) is 0 Å². The number of anilines is 3. The molecule has 0 saturated carbocycles. The summed E-state index contributed by atoms with van der Waals surface area (Å²) in [6, 6.07) is 162. The summed E-state index contributed by atoms with van der Waals surface area (Å²) in [4.78, 5) is 24.2. The molecule has 0 radical (unpaired) electrons. The molecule has 0 N–H and O–H groups in total. The van der Waals surface area contributed by atoms with E-state index in [2.05, 4.69) is 451 Å². The molecular weight excluding hydrogens is 1740 g/mol. The Morgan fingerprint density at radius 3 is 1.65 bits per heavy atom. The fourth-order valence-electron chi connectivity index (χ4n) is 22.3. The van der Waals surface area contributed by atoms with E-state index in [0.717, 1.165) is 151 Å². The highest BCUT2D eigenvalue weighted by Gasteiger charge is 2.41. The number of ether oxygens (including phenoxy) is 1. The molecule has 19 aromatic carbocycles. The van der Waals surface area contributed by atoms with Crippen LogP contribution in [0.1, 0.15) is 25.0 Å². The highest BCUT2D eigenvalue weighted by atomic mass is 32.2. The first-order valence-corrected chi connectivity index (χ1v) is 48.7. The first kappa shape index (κ1) is 82.4. The standard InChI is InChI=1S/C49H34N2O.C43H26N2S.C39H25N3O/c1-49(2)43-18-8-7-17-39(43)40-22-23-41-37-15-5-6-16-38(37)42-30-31(21-24-46(42)52-48(41)47(40)49)35-13-3-4-14-36(35)32-27-33(44-19-9-11-25-50-44)29-34(28-32)45-20-10-12-26-51-45;1-2-14-28-27(12-1)13-11-20-29(28)37-26-41(44-38-21-8-5-17-32(37)38)45-39-22-9-6-18-33(39)35-24-25-36-31-16-4-3-15-30(31)34-19-7-10-23-40(34)46-43(36)42(35)45;1-2-11-26(12-3-1)36-24-40-25-41(36)27-13-10-14-28(23-27)42-35-19-8-6-17-31(35)29-15-4-5-16-30(29)33-21-22-34-32-18-7-9-20-37(32)43-39(34)38(33)42/h3-30H,1-2H3;1-26H;1-25H. The molecule has 0 spiro atoms. The van der Waals surface area contributed by atoms with Crippen molar-refractivity contribution in [1.82, 2.24) is 29.1 Å². The maximum absolute atomic E-state index is 7.12. The fraction of sp³-hybridized carbons (Fsp3) is 0.0229. The number of nitrogens with zero attached hydrogens (tertiary/aromatic N) is 7. The van der Waals surface area contributed by atoms with Crippen LogP contribution in [0.15, 0.2) is 494 Å². The van der Waals surface area contributed by atoms with Crippen LogP contribution in [0.2, 0.25) is 0 Å². The van der Waals surface area contributed by atoms with Crippen LogP contribution in [0.4, 0.5) is 17.1 Å². The van der Waals surface area contributed by atoms with Gasteiger partial charge in [-0.1, -0.05) is 359 Å². The summed E-state index contributed by atoms with van der Waals surface area (Å²) >= 11 is 1.87. The Kier molecular flexibility index (Phi) is 19.7. The van der Waals surface area contributed by atoms with Crippen molar-refractivity contribution in [1.29, 1.82) is 0 Å². The zero-order valence-corrected chi connectivity index (χ0v) is 77.8. The van der Waals surface area contributed by atoms with Gasteiger partial charge in [0.05, 0.1) is 57.5 Å². The third-order valence-electron chi connectivity index (χ3n) is 28.7. The van der Waals surface area contributed by atoms with Crippen molar-refractivity contribution in [3.05, 3.63) is 491 Å². The van der Waals surface area contributed by atoms with E-state index >= 15 is 0 Å². The Morgan fingerprint density at radius 2 is 0.879 bits per heavy atom. The van der Waals surface area contributed by atoms with E-state index in [-0.39, 0.29) is 5.41 Å². The molecular formula is C131H85N7O2S. The molecule has 141 heavy (non-hydrogen) atoms. The van der Waals surface area contributed by atoms with Crippen molar-refractivity contribution in [3.8, 4) is 168 Å². The van der Waals surface area contributed by atoms with Gasteiger partial charge in [-0.05, 0) is 227 Å². The monoisotopic (exact) mass is 1820 g/mol. The highest BCUT2D eigenvalue weighted by molar-refractivity contribution is 8.00. The molecule has 0 unspecified atom stereocenters. The zero-order chi connectivity index (χ0) is 93.3. The molecule has 0 bridgehead atoms. The molecule has 0 fully saturated rings. The SMILES string of the molecule is CC1(C)c2ccccc2-c2ccc3c(c21)Oc1ccc(-c2ccccc2-c2cc(-c4ccccn4)cc(-c4ccccn4)c2)cc1-c1ccccc1-3.c1ccc(-c2cncn2-c2cccc(N3c4ccccc4-c4ccccc4-c4ccc5c(oc6ccccc65)c43)c2)cc1.c1ccc2c(c1)Sc1c(ccc3c4ccccc4n(-c4cc(-c5cccc6ccccc56)c5ccccc5n4)c13)-c1ccccc1-2. The lowest BCUT2D eigenvalue weighted by atomic mass is 9.80. The van der Waals surface area contributed by atoms with Gasteiger partial charge < -0.3 is 14.1 Å². The number of para-hydroxylation sites is 4. The van der Waals surface area contributed by atoms with Gasteiger partial charge in [0.1, 0.15) is 22.9 Å². The topological polar surface area (TPSA) is 87.0 Å². The molecule has 4 aliphatic rings. The summed E-state index contributed by atoms with van der Waals surface area (Å²) in [6.07, 6.45) is 7.50. The number of imidazole rings is 1. The zero-order valence-electron chi connectivity index (χ0n) is 77.0. The average molecular weight is 1820 g/mol. The van der Waals surface area contributed by atoms with Crippen LogP contribution in [0, 0.1) is 0 Å². The van der Waals surface area contributed by atoms with E-state index in [1.807, 2.05) is 73.1 Å². The first-order chi connectivity index (χ1) is 69.7. The predicted molar refractivity (Wildman–Crippen MR) is 582 cm³/mol. The second-order valence-corrected chi connectivity index (χ2v) is 38.0. The molecule has 0 saturated heterocycles. The van der Waals surface area contributed by atoms with Crippen LogP contribution in [-0.2, 0) is 5.41 Å². The van der Waals surface area contributed by atoms with E-state index in [1.165, 1.54) is 120 Å². The lowest BCUT2D eigenvalue weighted by molar-refractivity contribution is 0.469.